The third-order valence-electron chi connectivity index (χ3n) is 5.63. The van der Waals surface area contributed by atoms with Crippen molar-refractivity contribution in [1.82, 2.24) is 20.3 Å². The van der Waals surface area contributed by atoms with E-state index in [1.807, 2.05) is 12.4 Å². The van der Waals surface area contributed by atoms with Gasteiger partial charge in [-0.3, -0.25) is 4.99 Å². The predicted octanol–water partition coefficient (Wildman–Crippen LogP) is 1.41. The van der Waals surface area contributed by atoms with Gasteiger partial charge in [0.2, 0.25) is 5.95 Å². The Kier molecular flexibility index (Phi) is 3.81. The van der Waals surface area contributed by atoms with Gasteiger partial charge in [0.05, 0.1) is 30.5 Å². The zero-order valence-electron chi connectivity index (χ0n) is 15.0. The van der Waals surface area contributed by atoms with Gasteiger partial charge >= 0.3 is 0 Å². The van der Waals surface area contributed by atoms with Crippen molar-refractivity contribution in [2.45, 2.75) is 18.9 Å². The van der Waals surface area contributed by atoms with E-state index in [2.05, 4.69) is 49.3 Å². The Morgan fingerprint density at radius 2 is 2.04 bits per heavy atom. The Morgan fingerprint density at radius 1 is 1.15 bits per heavy atom. The summed E-state index contributed by atoms with van der Waals surface area (Å²) in [5.41, 5.74) is 3.40. The molecular formula is C19H23N7. The predicted molar refractivity (Wildman–Crippen MR) is 104 cm³/mol. The van der Waals surface area contributed by atoms with Crippen molar-refractivity contribution in [2.75, 3.05) is 49.6 Å². The van der Waals surface area contributed by atoms with Crippen LogP contribution in [0.25, 0.3) is 10.9 Å². The van der Waals surface area contributed by atoms with Gasteiger partial charge in [-0.1, -0.05) is 6.08 Å². The van der Waals surface area contributed by atoms with Crippen LogP contribution in [0.2, 0.25) is 0 Å². The molecule has 3 aliphatic rings. The van der Waals surface area contributed by atoms with E-state index in [-0.39, 0.29) is 0 Å². The fourth-order valence-electron chi connectivity index (χ4n) is 4.02. The molecule has 3 aliphatic heterocycles. The molecule has 0 unspecified atom stereocenters. The van der Waals surface area contributed by atoms with Gasteiger partial charge in [-0.25, -0.2) is 15.0 Å². The van der Waals surface area contributed by atoms with Crippen LogP contribution < -0.4 is 15.1 Å². The first-order chi connectivity index (χ1) is 12.8. The maximum absolute atomic E-state index is 4.74. The zero-order valence-corrected chi connectivity index (χ0v) is 15.0. The summed E-state index contributed by atoms with van der Waals surface area (Å²) >= 11 is 0. The van der Waals surface area contributed by atoms with Crippen LogP contribution in [0.4, 0.5) is 11.8 Å². The average Bonchev–Trinajstić information content (AvgIpc) is 3.29. The summed E-state index contributed by atoms with van der Waals surface area (Å²) in [5, 5.41) is 4.45. The van der Waals surface area contributed by atoms with Crippen molar-refractivity contribution in [2.24, 2.45) is 4.99 Å². The molecule has 26 heavy (non-hydrogen) atoms. The number of piperidine rings is 1. The molecule has 2 fully saturated rings. The van der Waals surface area contributed by atoms with Gasteiger partial charge in [0.25, 0.3) is 0 Å². The molecule has 2 aromatic heterocycles. The summed E-state index contributed by atoms with van der Waals surface area (Å²) in [4.78, 5) is 23.0. The third-order valence-corrected chi connectivity index (χ3v) is 5.63. The highest BCUT2D eigenvalue weighted by Crippen LogP contribution is 2.25. The van der Waals surface area contributed by atoms with E-state index in [1.54, 1.807) is 0 Å². The number of aliphatic imine (C=N–C) groups is 1. The van der Waals surface area contributed by atoms with E-state index < -0.39 is 0 Å². The lowest BCUT2D eigenvalue weighted by Crippen LogP contribution is -2.41. The molecule has 0 atom stereocenters. The van der Waals surface area contributed by atoms with Crippen LogP contribution in [0.5, 0.6) is 0 Å². The highest BCUT2D eigenvalue weighted by molar-refractivity contribution is 6.08. The highest BCUT2D eigenvalue weighted by Gasteiger charge is 2.27. The maximum atomic E-state index is 4.74. The summed E-state index contributed by atoms with van der Waals surface area (Å²) in [5.74, 6) is 1.76. The number of hydrogen-bond donors (Lipinski definition) is 1. The largest absolute Gasteiger partial charge is 0.357 e. The lowest BCUT2D eigenvalue weighted by molar-refractivity contribution is 0.442. The second-order valence-electron chi connectivity index (χ2n) is 7.24. The highest BCUT2D eigenvalue weighted by atomic mass is 15.3. The van der Waals surface area contributed by atoms with Gasteiger partial charge in [0.15, 0.2) is 0 Å². The molecule has 0 aromatic carbocycles. The zero-order chi connectivity index (χ0) is 17.5. The summed E-state index contributed by atoms with van der Waals surface area (Å²) in [7, 11) is 2.14. The van der Waals surface area contributed by atoms with E-state index >= 15 is 0 Å². The molecule has 5 rings (SSSR count). The number of nitrogens with zero attached hydrogens (tertiary/aromatic N) is 6. The summed E-state index contributed by atoms with van der Waals surface area (Å²) in [6.07, 6.45) is 8.30. The molecule has 1 N–H and O–H groups in total. The molecule has 0 aliphatic carbocycles. The van der Waals surface area contributed by atoms with Gasteiger partial charge in [0.1, 0.15) is 5.82 Å². The molecule has 0 amide bonds. The number of aromatic nitrogens is 3. The summed E-state index contributed by atoms with van der Waals surface area (Å²) in [6, 6.07) is 2.64. The summed E-state index contributed by atoms with van der Waals surface area (Å²) < 4.78 is 0. The minimum atomic E-state index is 0.541. The van der Waals surface area contributed by atoms with Crippen LogP contribution in [0.3, 0.4) is 0 Å². The molecule has 0 spiro atoms. The quantitative estimate of drug-likeness (QED) is 0.904. The van der Waals surface area contributed by atoms with Crippen LogP contribution in [-0.4, -0.2) is 66.5 Å². The van der Waals surface area contributed by atoms with E-state index in [9.17, 15) is 0 Å². The Morgan fingerprint density at radius 3 is 2.88 bits per heavy atom. The fraction of sp³-hybridized carbons (Fsp3) is 0.474. The topological polar surface area (TPSA) is 69.5 Å². The number of pyridine rings is 1. The number of anilines is 2. The number of nitrogens with one attached hydrogen (secondary N) is 1. The van der Waals surface area contributed by atoms with Gasteiger partial charge < -0.3 is 15.1 Å². The van der Waals surface area contributed by atoms with Gasteiger partial charge in [-0.15, -0.1) is 0 Å². The molecule has 2 saturated heterocycles. The van der Waals surface area contributed by atoms with E-state index in [4.69, 9.17) is 4.98 Å². The van der Waals surface area contributed by atoms with E-state index in [0.29, 0.717) is 6.04 Å². The van der Waals surface area contributed by atoms with E-state index in [1.165, 1.54) is 11.3 Å². The lowest BCUT2D eigenvalue weighted by Gasteiger charge is -2.32. The van der Waals surface area contributed by atoms with Gasteiger partial charge in [-0.2, -0.15) is 0 Å². The van der Waals surface area contributed by atoms with Crippen molar-refractivity contribution in [3.05, 3.63) is 30.1 Å². The van der Waals surface area contributed by atoms with E-state index in [0.717, 1.165) is 68.2 Å². The fourth-order valence-corrected chi connectivity index (χ4v) is 4.02. The SMILES string of the molecule is CN(c1cc2cnc(N3CC4=CCN=C4C3)nc2cn1)C1CCNCC1. The minimum absolute atomic E-state index is 0.541. The molecule has 0 bridgehead atoms. The average molecular weight is 349 g/mol. The Bertz CT molecular complexity index is 878. The smallest absolute Gasteiger partial charge is 0.226 e. The molecule has 0 saturated carbocycles. The normalized spacial score (nSPS) is 20.3. The van der Waals surface area contributed by atoms with Gasteiger partial charge in [-0.05, 0) is 37.6 Å². The molecule has 5 heterocycles. The van der Waals surface area contributed by atoms with Crippen LogP contribution in [-0.2, 0) is 0 Å². The molecular weight excluding hydrogens is 326 g/mol. The van der Waals surface area contributed by atoms with Crippen LogP contribution in [0.15, 0.2) is 35.1 Å². The third kappa shape index (κ3) is 2.72. The molecule has 0 radical (unpaired) electrons. The summed E-state index contributed by atoms with van der Waals surface area (Å²) in [6.45, 7) is 4.64. The van der Waals surface area contributed by atoms with Crippen LogP contribution in [0, 0.1) is 0 Å². The monoisotopic (exact) mass is 349 g/mol. The second kappa shape index (κ2) is 6.32. The van der Waals surface area contributed by atoms with Crippen LogP contribution >= 0.6 is 0 Å². The van der Waals surface area contributed by atoms with Crippen molar-refractivity contribution in [1.29, 1.82) is 0 Å². The minimum Gasteiger partial charge on any atom is -0.357 e. The maximum Gasteiger partial charge on any atom is 0.226 e. The van der Waals surface area contributed by atoms with Crippen LogP contribution in [0.1, 0.15) is 12.8 Å². The Balaban J connectivity index is 1.39. The molecule has 7 heteroatoms. The van der Waals surface area contributed by atoms with Crippen molar-refractivity contribution in [3.8, 4) is 0 Å². The standard InChI is InChI=1S/C19H23N7/c1-25(15-3-5-20-6-4-15)18-8-14-9-23-19(24-16(14)10-22-18)26-11-13-2-7-21-17(13)12-26/h2,8-10,15,20H,3-7,11-12H2,1H3. The van der Waals surface area contributed by atoms with Crippen molar-refractivity contribution >= 4 is 28.4 Å². The molecule has 7 nitrogen and oxygen atoms in total. The first-order valence-electron chi connectivity index (χ1n) is 9.32. The molecule has 2 aromatic rings. The number of fused-ring (bicyclic) bond motifs is 2. The number of hydrogen-bond acceptors (Lipinski definition) is 7. The Labute approximate surface area is 152 Å². The number of rotatable bonds is 3. The Hall–Kier alpha value is -2.54. The molecule has 134 valence electrons. The first kappa shape index (κ1) is 15.7. The lowest BCUT2D eigenvalue weighted by atomic mass is 10.1. The van der Waals surface area contributed by atoms with Gasteiger partial charge in [0, 0.05) is 31.2 Å². The van der Waals surface area contributed by atoms with Crippen molar-refractivity contribution in [3.63, 3.8) is 0 Å². The first-order valence-corrected chi connectivity index (χ1v) is 9.32. The second-order valence-corrected chi connectivity index (χ2v) is 7.24. The van der Waals surface area contributed by atoms with Crippen molar-refractivity contribution < 1.29 is 0 Å².